The first kappa shape index (κ1) is 37.1. The molecule has 1 amide bonds. The van der Waals surface area contributed by atoms with Crippen molar-refractivity contribution in [3.05, 3.63) is 86.4 Å². The van der Waals surface area contributed by atoms with Crippen LogP contribution in [0.4, 0.5) is 0 Å². The number of carbonyl (C=O) groups excluding carboxylic acids is 2. The van der Waals surface area contributed by atoms with Crippen LogP contribution in [0.25, 0.3) is 22.4 Å². The molecule has 2 fully saturated rings. The predicted molar refractivity (Wildman–Crippen MR) is 207 cm³/mol. The lowest BCUT2D eigenvalue weighted by Crippen LogP contribution is -2.25. The Balaban J connectivity index is 1.08. The van der Waals surface area contributed by atoms with E-state index in [-0.39, 0.29) is 18.1 Å². The van der Waals surface area contributed by atoms with Gasteiger partial charge < -0.3 is 24.8 Å². The Kier molecular flexibility index (Phi) is 11.5. The Bertz CT molecular complexity index is 2020. The van der Waals surface area contributed by atoms with E-state index in [4.69, 9.17) is 47.4 Å². The molecule has 2 N–H and O–H groups in total. The van der Waals surface area contributed by atoms with E-state index in [0.717, 1.165) is 96.1 Å². The summed E-state index contributed by atoms with van der Waals surface area (Å²) in [6, 6.07) is 16.5. The zero-order valence-electron chi connectivity index (χ0n) is 30.5. The minimum absolute atomic E-state index is 0.130. The van der Waals surface area contributed by atoms with Gasteiger partial charge in [0.1, 0.15) is 16.9 Å². The zero-order chi connectivity index (χ0) is 37.1. The lowest BCUT2D eigenvalue weighted by molar-refractivity contribution is -0.119. The van der Waals surface area contributed by atoms with E-state index in [1.54, 1.807) is 14.2 Å². The quantitative estimate of drug-likeness (QED) is 0.132. The summed E-state index contributed by atoms with van der Waals surface area (Å²) in [5.41, 5.74) is 8.79. The molecular formula is C42H46Cl2N4O5. The van der Waals surface area contributed by atoms with E-state index in [0.29, 0.717) is 65.2 Å². The van der Waals surface area contributed by atoms with Gasteiger partial charge in [-0.05, 0) is 98.7 Å². The van der Waals surface area contributed by atoms with Gasteiger partial charge in [0, 0.05) is 54.1 Å². The number of ketones is 1. The molecule has 0 bridgehead atoms. The van der Waals surface area contributed by atoms with Gasteiger partial charge in [0.25, 0.3) is 0 Å². The van der Waals surface area contributed by atoms with Gasteiger partial charge in [0.15, 0.2) is 0 Å². The van der Waals surface area contributed by atoms with E-state index in [1.165, 1.54) is 5.56 Å². The van der Waals surface area contributed by atoms with E-state index in [1.807, 2.05) is 24.3 Å². The summed E-state index contributed by atoms with van der Waals surface area (Å²) in [6.07, 6.45) is 7.66. The molecule has 2 aromatic carbocycles. The van der Waals surface area contributed by atoms with Crippen molar-refractivity contribution in [1.29, 1.82) is 0 Å². The number of Topliss-reactive ketones (excluding diaryl/α,β-unsaturated/α-hetero) is 1. The first-order valence-electron chi connectivity index (χ1n) is 18.6. The van der Waals surface area contributed by atoms with Crippen molar-refractivity contribution in [2.45, 2.75) is 89.8 Å². The summed E-state index contributed by atoms with van der Waals surface area (Å²) in [4.78, 5) is 32.9. The first-order chi connectivity index (χ1) is 25.7. The molecule has 278 valence electrons. The van der Waals surface area contributed by atoms with Gasteiger partial charge >= 0.3 is 0 Å². The molecular weight excluding hydrogens is 711 g/mol. The van der Waals surface area contributed by atoms with E-state index < -0.39 is 0 Å². The van der Waals surface area contributed by atoms with Crippen molar-refractivity contribution in [1.82, 2.24) is 20.6 Å². The Morgan fingerprint density at radius 3 is 2.43 bits per heavy atom. The van der Waals surface area contributed by atoms with Crippen LogP contribution in [0.5, 0.6) is 17.6 Å². The number of halogens is 2. The molecule has 3 aliphatic rings. The third kappa shape index (κ3) is 8.17. The number of nitrogens with one attached hydrogen (secondary N) is 2. The number of hydrogen-bond donors (Lipinski definition) is 2. The number of nitrogens with zero attached hydrogens (tertiary/aromatic N) is 2. The van der Waals surface area contributed by atoms with Crippen LogP contribution < -0.4 is 24.8 Å². The average molecular weight is 758 g/mol. The van der Waals surface area contributed by atoms with Gasteiger partial charge in [-0.15, -0.1) is 0 Å². The third-order valence-corrected chi connectivity index (χ3v) is 11.6. The van der Waals surface area contributed by atoms with Crippen molar-refractivity contribution in [2.75, 3.05) is 20.8 Å². The Labute approximate surface area is 321 Å². The summed E-state index contributed by atoms with van der Waals surface area (Å²) in [5.74, 6) is 2.29. The number of carbonyl (C=O) groups is 2. The molecule has 0 unspecified atom stereocenters. The van der Waals surface area contributed by atoms with Crippen LogP contribution in [0.1, 0.15) is 85.3 Å². The van der Waals surface area contributed by atoms with Crippen molar-refractivity contribution in [2.24, 2.45) is 5.92 Å². The number of pyridine rings is 2. The molecule has 1 saturated carbocycles. The lowest BCUT2D eigenvalue weighted by atomic mass is 9.94. The van der Waals surface area contributed by atoms with E-state index in [9.17, 15) is 9.59 Å². The van der Waals surface area contributed by atoms with Crippen LogP contribution in [-0.2, 0) is 29.0 Å². The number of benzene rings is 2. The summed E-state index contributed by atoms with van der Waals surface area (Å²) >= 11 is 14.0. The second-order valence-corrected chi connectivity index (χ2v) is 15.2. The van der Waals surface area contributed by atoms with Crippen LogP contribution in [0.15, 0.2) is 48.5 Å². The minimum Gasteiger partial charge on any atom is -0.481 e. The Morgan fingerprint density at radius 2 is 1.68 bits per heavy atom. The fourth-order valence-electron chi connectivity index (χ4n) is 8.09. The molecule has 2 aliphatic carbocycles. The van der Waals surface area contributed by atoms with Crippen LogP contribution in [0.2, 0.25) is 10.0 Å². The molecule has 0 spiro atoms. The molecule has 53 heavy (non-hydrogen) atoms. The third-order valence-electron chi connectivity index (χ3n) is 10.9. The Hall–Kier alpha value is -4.18. The molecule has 3 heterocycles. The number of amides is 1. The molecule has 3 atom stereocenters. The van der Waals surface area contributed by atoms with Crippen molar-refractivity contribution in [3.8, 4) is 40.0 Å². The highest BCUT2D eigenvalue weighted by Gasteiger charge is 2.29. The number of aryl methyl sites for hydroxylation is 2. The van der Waals surface area contributed by atoms with Gasteiger partial charge in [-0.3, -0.25) is 9.59 Å². The standard InChI is InChI=1S/C42H46Cl2N4O5/c1-24-19-36(47-41(52-3)34(24)23-45-22-25-13-15-28(49)20-25)33-12-6-11-32(39(33)44)29-9-5-10-31-30(29)16-17-37(31)53-42-35(43)21-26(40(48-42)51-2)7-4-8-27-14-18-38(50)46-27/h5-6,9-12,19,21,25,27,37,45H,4,7-8,13-18,20,22-23H2,1-3H3,(H,46,50)/t25-,27-,37+/m1/s1. The number of aromatic nitrogens is 2. The van der Waals surface area contributed by atoms with Gasteiger partial charge in [-0.25, -0.2) is 4.98 Å². The summed E-state index contributed by atoms with van der Waals surface area (Å²) in [6.45, 7) is 3.47. The number of methoxy groups -OCH3 is 2. The van der Waals surface area contributed by atoms with E-state index in [2.05, 4.69) is 41.8 Å². The second-order valence-electron chi connectivity index (χ2n) is 14.4. The van der Waals surface area contributed by atoms with Crippen LogP contribution in [0.3, 0.4) is 0 Å². The SMILES string of the molecule is COc1nc(O[C@H]2CCc3c(-c4cccc(-c5cc(C)c(CNC[C@@H]6CCC(=O)C6)c(OC)n5)c4Cl)cccc32)c(Cl)cc1CCC[C@@H]1CCC(=O)N1. The molecule has 1 aliphatic heterocycles. The van der Waals surface area contributed by atoms with Gasteiger partial charge in [-0.1, -0.05) is 59.6 Å². The fraction of sp³-hybridized carbons (Fsp3) is 0.429. The highest BCUT2D eigenvalue weighted by atomic mass is 35.5. The highest BCUT2D eigenvalue weighted by molar-refractivity contribution is 6.36. The number of ether oxygens (including phenoxy) is 3. The predicted octanol–water partition coefficient (Wildman–Crippen LogP) is 8.57. The summed E-state index contributed by atoms with van der Waals surface area (Å²) in [5, 5.41) is 7.61. The minimum atomic E-state index is -0.234. The monoisotopic (exact) mass is 756 g/mol. The van der Waals surface area contributed by atoms with Crippen LogP contribution >= 0.6 is 23.2 Å². The average Bonchev–Trinajstić information content (AvgIpc) is 3.89. The zero-order valence-corrected chi connectivity index (χ0v) is 32.0. The normalized spacial score (nSPS) is 19.4. The first-order valence-corrected chi connectivity index (χ1v) is 19.3. The molecule has 2 aromatic heterocycles. The summed E-state index contributed by atoms with van der Waals surface area (Å²) in [7, 11) is 3.25. The maximum atomic E-state index is 11.7. The molecule has 0 radical (unpaired) electrons. The summed E-state index contributed by atoms with van der Waals surface area (Å²) < 4.78 is 17.9. The second kappa shape index (κ2) is 16.5. The number of hydrogen-bond acceptors (Lipinski definition) is 8. The molecule has 4 aromatic rings. The van der Waals surface area contributed by atoms with Crippen LogP contribution in [0, 0.1) is 12.8 Å². The highest BCUT2D eigenvalue weighted by Crippen LogP contribution is 2.45. The smallest absolute Gasteiger partial charge is 0.236 e. The van der Waals surface area contributed by atoms with Gasteiger partial charge in [0.2, 0.25) is 23.5 Å². The maximum Gasteiger partial charge on any atom is 0.236 e. The Morgan fingerprint density at radius 1 is 0.887 bits per heavy atom. The maximum absolute atomic E-state index is 11.7. The molecule has 7 rings (SSSR count). The van der Waals surface area contributed by atoms with Gasteiger partial charge in [-0.2, -0.15) is 4.98 Å². The molecule has 9 nitrogen and oxygen atoms in total. The number of rotatable bonds is 14. The largest absolute Gasteiger partial charge is 0.481 e. The van der Waals surface area contributed by atoms with E-state index >= 15 is 0 Å². The fourth-order valence-corrected chi connectivity index (χ4v) is 8.63. The topological polar surface area (TPSA) is 112 Å². The lowest BCUT2D eigenvalue weighted by Gasteiger charge is -2.19. The van der Waals surface area contributed by atoms with Crippen molar-refractivity contribution >= 4 is 34.9 Å². The van der Waals surface area contributed by atoms with Crippen LogP contribution in [-0.4, -0.2) is 48.5 Å². The van der Waals surface area contributed by atoms with Gasteiger partial charge in [0.05, 0.1) is 24.9 Å². The molecule has 11 heteroatoms. The number of fused-ring (bicyclic) bond motifs is 1. The molecule has 1 saturated heterocycles. The van der Waals surface area contributed by atoms with Crippen molar-refractivity contribution in [3.63, 3.8) is 0 Å². The van der Waals surface area contributed by atoms with Crippen molar-refractivity contribution < 1.29 is 23.8 Å².